The van der Waals surface area contributed by atoms with Crippen molar-refractivity contribution >= 4 is 39.5 Å². The van der Waals surface area contributed by atoms with E-state index in [9.17, 15) is 43.2 Å². The van der Waals surface area contributed by atoms with Crippen LogP contribution in [0.3, 0.4) is 0 Å². The molecule has 0 aromatic carbocycles. The summed E-state index contributed by atoms with van der Waals surface area (Å²) in [5.41, 5.74) is 0. The number of phosphoric ester groups is 2. The standard InChI is InChI=1S/C68H132O17P2/c1-7-9-11-13-14-15-16-17-18-19-20-21-26-29-34-40-46-52-67(72)85-64(57-79-66(71)51-45-39-33-28-25-23-22-24-27-31-37-42-48-60(3)4)59-83-87(76,77)81-55-62(69)54-80-86(74,75)82-58-63(56-78-65(70)50-44-36-12-10-8-2)84-68(73)53-47-41-35-30-32-38-43-49-61(5)6/h60-64,69H,7-59H2,1-6H3,(H,74,75)(H,76,77)/t62-,63+,64+/m0/s1. The summed E-state index contributed by atoms with van der Waals surface area (Å²) in [6.07, 6.45) is 44.9. The Bertz CT molecular complexity index is 1700. The van der Waals surface area contributed by atoms with E-state index in [1.54, 1.807) is 0 Å². The number of carbonyl (C=O) groups is 4. The Morgan fingerprint density at radius 3 is 0.782 bits per heavy atom. The summed E-state index contributed by atoms with van der Waals surface area (Å²) < 4.78 is 68.0. The van der Waals surface area contributed by atoms with Crippen molar-refractivity contribution in [2.45, 2.75) is 362 Å². The number of phosphoric acid groups is 2. The molecule has 2 unspecified atom stereocenters. The molecule has 17 nitrogen and oxygen atoms in total. The highest BCUT2D eigenvalue weighted by molar-refractivity contribution is 7.47. The van der Waals surface area contributed by atoms with E-state index in [2.05, 4.69) is 41.5 Å². The molecule has 0 aromatic rings. The zero-order valence-electron chi connectivity index (χ0n) is 56.3. The topological polar surface area (TPSA) is 237 Å². The van der Waals surface area contributed by atoms with Gasteiger partial charge in [-0.15, -0.1) is 0 Å². The fourth-order valence-electron chi connectivity index (χ4n) is 10.2. The number of carbonyl (C=O) groups excluding carboxylic acids is 4. The number of aliphatic hydroxyl groups is 1. The Morgan fingerprint density at radius 2 is 0.529 bits per heavy atom. The zero-order chi connectivity index (χ0) is 64.3. The first kappa shape index (κ1) is 85.1. The summed E-state index contributed by atoms with van der Waals surface area (Å²) >= 11 is 0. The molecule has 0 saturated heterocycles. The van der Waals surface area contributed by atoms with Crippen molar-refractivity contribution in [1.29, 1.82) is 0 Å². The highest BCUT2D eigenvalue weighted by atomic mass is 31.2. The average molecular weight is 1280 g/mol. The van der Waals surface area contributed by atoms with Crippen molar-refractivity contribution in [3.63, 3.8) is 0 Å². The summed E-state index contributed by atoms with van der Waals surface area (Å²) in [5, 5.41) is 10.5. The second kappa shape index (κ2) is 60.3. The Morgan fingerprint density at radius 1 is 0.310 bits per heavy atom. The molecule has 87 heavy (non-hydrogen) atoms. The van der Waals surface area contributed by atoms with Crippen LogP contribution in [0.5, 0.6) is 0 Å². The average Bonchev–Trinajstić information content (AvgIpc) is 3.69. The highest BCUT2D eigenvalue weighted by Crippen LogP contribution is 2.45. The Hall–Kier alpha value is -1.94. The third-order valence-corrected chi connectivity index (χ3v) is 17.6. The van der Waals surface area contributed by atoms with E-state index >= 15 is 0 Å². The smallest absolute Gasteiger partial charge is 0.462 e. The second-order valence-corrected chi connectivity index (χ2v) is 28.4. The molecule has 0 aliphatic rings. The monoisotopic (exact) mass is 1280 g/mol. The Labute approximate surface area is 530 Å². The maximum absolute atomic E-state index is 13.0. The molecular formula is C68H132O17P2. The van der Waals surface area contributed by atoms with Gasteiger partial charge in [-0.2, -0.15) is 0 Å². The van der Waals surface area contributed by atoms with Crippen molar-refractivity contribution in [2.24, 2.45) is 11.8 Å². The van der Waals surface area contributed by atoms with Crippen LogP contribution in [0.15, 0.2) is 0 Å². The van der Waals surface area contributed by atoms with Gasteiger partial charge < -0.3 is 33.8 Å². The van der Waals surface area contributed by atoms with E-state index in [4.69, 9.17) is 37.0 Å². The largest absolute Gasteiger partial charge is 0.472 e. The van der Waals surface area contributed by atoms with Gasteiger partial charge in [-0.1, -0.05) is 292 Å². The summed E-state index contributed by atoms with van der Waals surface area (Å²) in [5.74, 6) is -0.662. The summed E-state index contributed by atoms with van der Waals surface area (Å²) in [6.45, 7) is 9.39. The van der Waals surface area contributed by atoms with Crippen LogP contribution in [0, 0.1) is 11.8 Å². The summed E-state index contributed by atoms with van der Waals surface area (Å²) in [4.78, 5) is 72.1. The lowest BCUT2D eigenvalue weighted by Crippen LogP contribution is -2.30. The van der Waals surface area contributed by atoms with Crippen LogP contribution in [-0.2, 0) is 65.4 Å². The van der Waals surface area contributed by atoms with Crippen molar-refractivity contribution in [1.82, 2.24) is 0 Å². The van der Waals surface area contributed by atoms with E-state index in [1.165, 1.54) is 154 Å². The van der Waals surface area contributed by atoms with Crippen molar-refractivity contribution in [3.8, 4) is 0 Å². The molecule has 0 amide bonds. The quantitative estimate of drug-likeness (QED) is 0.0222. The predicted octanol–water partition coefficient (Wildman–Crippen LogP) is 19.2. The number of rotatable bonds is 67. The van der Waals surface area contributed by atoms with Gasteiger partial charge in [0, 0.05) is 25.7 Å². The molecule has 5 atom stereocenters. The van der Waals surface area contributed by atoms with Gasteiger partial charge in [0.1, 0.15) is 19.3 Å². The third-order valence-electron chi connectivity index (χ3n) is 15.7. The number of hydrogen-bond acceptors (Lipinski definition) is 15. The SMILES string of the molecule is CCCCCCCCCCCCCCCCCCCC(=O)O[C@H](COC(=O)CCCCCCCCCCCCCCC(C)C)COP(=O)(O)OC[C@@H](O)COP(=O)(O)OC[C@@H](COC(=O)CCCCCCC)OC(=O)CCCCCCCCCC(C)C. The maximum atomic E-state index is 13.0. The van der Waals surface area contributed by atoms with Gasteiger partial charge in [-0.25, -0.2) is 9.13 Å². The van der Waals surface area contributed by atoms with E-state index in [1.807, 2.05) is 0 Å². The van der Waals surface area contributed by atoms with E-state index < -0.39 is 97.5 Å². The van der Waals surface area contributed by atoms with E-state index in [0.29, 0.717) is 31.6 Å². The summed E-state index contributed by atoms with van der Waals surface area (Å²) in [6, 6.07) is 0. The minimum Gasteiger partial charge on any atom is -0.462 e. The number of ether oxygens (including phenoxy) is 4. The third kappa shape index (κ3) is 62.6. The molecule has 0 saturated carbocycles. The minimum absolute atomic E-state index is 0.103. The molecule has 0 fully saturated rings. The Balaban J connectivity index is 5.16. The van der Waals surface area contributed by atoms with Gasteiger partial charge in [0.15, 0.2) is 12.2 Å². The molecule has 0 bridgehead atoms. The van der Waals surface area contributed by atoms with Crippen molar-refractivity contribution < 1.29 is 80.2 Å². The lowest BCUT2D eigenvalue weighted by molar-refractivity contribution is -0.161. The Kier molecular flexibility index (Phi) is 59.0. The molecule has 0 heterocycles. The van der Waals surface area contributed by atoms with Crippen LogP contribution in [-0.4, -0.2) is 96.7 Å². The van der Waals surface area contributed by atoms with Gasteiger partial charge in [-0.05, 0) is 37.5 Å². The number of unbranched alkanes of at least 4 members (excludes halogenated alkanes) is 37. The number of esters is 4. The molecule has 3 N–H and O–H groups in total. The molecule has 0 aromatic heterocycles. The van der Waals surface area contributed by atoms with Crippen LogP contribution < -0.4 is 0 Å². The molecule has 0 spiro atoms. The maximum Gasteiger partial charge on any atom is 0.472 e. The van der Waals surface area contributed by atoms with E-state index in [-0.39, 0.29) is 25.7 Å². The van der Waals surface area contributed by atoms with Crippen LogP contribution in [0.1, 0.15) is 343 Å². The lowest BCUT2D eigenvalue weighted by Gasteiger charge is -2.21. The number of aliphatic hydroxyl groups excluding tert-OH is 1. The van der Waals surface area contributed by atoms with Crippen LogP contribution >= 0.6 is 15.6 Å². The van der Waals surface area contributed by atoms with Crippen LogP contribution in [0.25, 0.3) is 0 Å². The molecule has 0 radical (unpaired) electrons. The van der Waals surface area contributed by atoms with Crippen LogP contribution in [0.4, 0.5) is 0 Å². The fraction of sp³-hybridized carbons (Fsp3) is 0.941. The van der Waals surface area contributed by atoms with Gasteiger partial charge in [0.2, 0.25) is 0 Å². The fourth-order valence-corrected chi connectivity index (χ4v) is 11.8. The predicted molar refractivity (Wildman–Crippen MR) is 349 cm³/mol. The molecule has 0 aliphatic heterocycles. The highest BCUT2D eigenvalue weighted by Gasteiger charge is 2.30. The normalized spacial score (nSPS) is 14.2. The molecule has 516 valence electrons. The minimum atomic E-state index is -4.95. The van der Waals surface area contributed by atoms with Crippen molar-refractivity contribution in [2.75, 3.05) is 39.6 Å². The van der Waals surface area contributed by atoms with Crippen LogP contribution in [0.2, 0.25) is 0 Å². The molecular weight excluding hydrogens is 1150 g/mol. The van der Waals surface area contributed by atoms with Gasteiger partial charge in [-0.3, -0.25) is 37.3 Å². The second-order valence-electron chi connectivity index (χ2n) is 25.5. The molecule has 0 rings (SSSR count). The zero-order valence-corrected chi connectivity index (χ0v) is 58.1. The first-order chi connectivity index (χ1) is 41.9. The summed E-state index contributed by atoms with van der Waals surface area (Å²) in [7, 11) is -9.89. The van der Waals surface area contributed by atoms with Gasteiger partial charge in [0.25, 0.3) is 0 Å². The van der Waals surface area contributed by atoms with E-state index in [0.717, 1.165) is 102 Å². The molecule has 0 aliphatic carbocycles. The lowest BCUT2D eigenvalue weighted by atomic mass is 10.0. The molecule has 19 heteroatoms. The number of hydrogen-bond donors (Lipinski definition) is 3. The van der Waals surface area contributed by atoms with Crippen molar-refractivity contribution in [3.05, 3.63) is 0 Å². The van der Waals surface area contributed by atoms with Gasteiger partial charge >= 0.3 is 39.5 Å². The first-order valence-electron chi connectivity index (χ1n) is 35.5. The first-order valence-corrected chi connectivity index (χ1v) is 38.5. The van der Waals surface area contributed by atoms with Gasteiger partial charge in [0.05, 0.1) is 26.4 Å².